The number of amides is 1. The van der Waals surface area contributed by atoms with Gasteiger partial charge in [-0.2, -0.15) is 0 Å². The SMILES string of the molecule is COc1ccc(C(=O)OCC(=O)N2CC[C@@H](C)Sc3ccccc32)cc1. The molecule has 0 aromatic heterocycles. The highest BCUT2D eigenvalue weighted by Gasteiger charge is 2.24. The fourth-order valence-electron chi connectivity index (χ4n) is 2.76. The second-order valence-electron chi connectivity index (χ2n) is 6.03. The van der Waals surface area contributed by atoms with Gasteiger partial charge in [-0.05, 0) is 42.8 Å². The number of fused-ring (bicyclic) bond motifs is 1. The maximum absolute atomic E-state index is 12.7. The average Bonchev–Trinajstić information content (AvgIpc) is 2.84. The minimum absolute atomic E-state index is 0.214. The standard InChI is InChI=1S/C20H21NO4S/c1-14-11-12-21(17-5-3-4-6-18(17)26-14)19(22)13-25-20(23)15-7-9-16(24-2)10-8-15/h3-10,14H,11-13H2,1-2H3/t14-/m1/s1. The summed E-state index contributed by atoms with van der Waals surface area (Å²) in [6.45, 7) is 2.49. The molecule has 1 aliphatic rings. The number of methoxy groups -OCH3 is 1. The predicted molar refractivity (Wildman–Crippen MR) is 102 cm³/mol. The lowest BCUT2D eigenvalue weighted by atomic mass is 10.2. The smallest absolute Gasteiger partial charge is 0.338 e. The van der Waals surface area contributed by atoms with Crippen molar-refractivity contribution in [3.63, 3.8) is 0 Å². The van der Waals surface area contributed by atoms with Crippen LogP contribution < -0.4 is 9.64 Å². The van der Waals surface area contributed by atoms with Crippen molar-refractivity contribution in [1.29, 1.82) is 0 Å². The molecule has 0 unspecified atom stereocenters. The fourth-order valence-corrected chi connectivity index (χ4v) is 3.87. The number of ether oxygens (including phenoxy) is 2. The zero-order valence-corrected chi connectivity index (χ0v) is 15.6. The topological polar surface area (TPSA) is 55.8 Å². The van der Waals surface area contributed by atoms with Gasteiger partial charge in [0.1, 0.15) is 5.75 Å². The van der Waals surface area contributed by atoms with E-state index in [1.165, 1.54) is 0 Å². The van der Waals surface area contributed by atoms with Crippen LogP contribution in [0.1, 0.15) is 23.7 Å². The van der Waals surface area contributed by atoms with Gasteiger partial charge in [0.2, 0.25) is 0 Å². The molecule has 6 heteroatoms. The van der Waals surface area contributed by atoms with Crippen molar-refractivity contribution in [1.82, 2.24) is 0 Å². The third-order valence-electron chi connectivity index (χ3n) is 4.20. The third-order valence-corrected chi connectivity index (χ3v) is 5.43. The van der Waals surface area contributed by atoms with Gasteiger partial charge in [0, 0.05) is 16.7 Å². The Balaban J connectivity index is 1.66. The van der Waals surface area contributed by atoms with Crippen LogP contribution in [0.2, 0.25) is 0 Å². The number of nitrogens with zero attached hydrogens (tertiary/aromatic N) is 1. The highest BCUT2D eigenvalue weighted by molar-refractivity contribution is 8.00. The van der Waals surface area contributed by atoms with Crippen LogP contribution in [0.4, 0.5) is 5.69 Å². The lowest BCUT2D eigenvalue weighted by molar-refractivity contribution is -0.121. The van der Waals surface area contributed by atoms with Crippen LogP contribution >= 0.6 is 11.8 Å². The maximum Gasteiger partial charge on any atom is 0.338 e. The minimum Gasteiger partial charge on any atom is -0.497 e. The second kappa shape index (κ2) is 8.27. The molecule has 2 aromatic rings. The van der Waals surface area contributed by atoms with E-state index in [1.54, 1.807) is 48.0 Å². The zero-order valence-electron chi connectivity index (χ0n) is 14.8. The van der Waals surface area contributed by atoms with Crippen molar-refractivity contribution in [2.24, 2.45) is 0 Å². The molecule has 2 aromatic carbocycles. The first kappa shape index (κ1) is 18.3. The maximum atomic E-state index is 12.7. The summed E-state index contributed by atoms with van der Waals surface area (Å²) in [6, 6.07) is 14.4. The van der Waals surface area contributed by atoms with E-state index in [2.05, 4.69) is 6.92 Å². The summed E-state index contributed by atoms with van der Waals surface area (Å²) >= 11 is 1.77. The summed E-state index contributed by atoms with van der Waals surface area (Å²) in [5.74, 6) is -0.0775. The van der Waals surface area contributed by atoms with E-state index in [4.69, 9.17) is 9.47 Å². The molecular formula is C20H21NO4S. The summed E-state index contributed by atoms with van der Waals surface area (Å²) in [5.41, 5.74) is 1.27. The van der Waals surface area contributed by atoms with Crippen LogP contribution in [0.3, 0.4) is 0 Å². The number of benzene rings is 2. The summed E-state index contributed by atoms with van der Waals surface area (Å²) in [4.78, 5) is 27.6. The Morgan fingerprint density at radius 1 is 1.15 bits per heavy atom. The van der Waals surface area contributed by atoms with E-state index in [0.717, 1.165) is 17.0 Å². The molecule has 0 radical (unpaired) electrons. The molecule has 1 aliphatic heterocycles. The lowest BCUT2D eigenvalue weighted by Gasteiger charge is -2.22. The molecule has 3 rings (SSSR count). The number of rotatable bonds is 4. The molecule has 26 heavy (non-hydrogen) atoms. The number of hydrogen-bond donors (Lipinski definition) is 0. The summed E-state index contributed by atoms with van der Waals surface area (Å²) in [7, 11) is 1.56. The number of esters is 1. The molecule has 1 heterocycles. The Hall–Kier alpha value is -2.47. The van der Waals surface area contributed by atoms with Crippen LogP contribution in [0, 0.1) is 0 Å². The van der Waals surface area contributed by atoms with E-state index >= 15 is 0 Å². The normalized spacial score (nSPS) is 16.4. The van der Waals surface area contributed by atoms with Crippen LogP contribution in [0.15, 0.2) is 53.4 Å². The first-order valence-corrected chi connectivity index (χ1v) is 9.33. The van der Waals surface area contributed by atoms with Gasteiger partial charge in [0.25, 0.3) is 5.91 Å². The first-order chi connectivity index (χ1) is 12.6. The third kappa shape index (κ3) is 4.19. The van der Waals surface area contributed by atoms with Crippen LogP contribution in [-0.4, -0.2) is 37.4 Å². The summed E-state index contributed by atoms with van der Waals surface area (Å²) in [6.07, 6.45) is 0.886. The van der Waals surface area contributed by atoms with E-state index in [0.29, 0.717) is 23.1 Å². The molecule has 1 amide bonds. The first-order valence-electron chi connectivity index (χ1n) is 8.45. The molecule has 0 N–H and O–H groups in total. The van der Waals surface area contributed by atoms with Gasteiger partial charge in [0.15, 0.2) is 6.61 Å². The molecule has 0 aliphatic carbocycles. The molecule has 136 valence electrons. The van der Waals surface area contributed by atoms with Gasteiger partial charge in [-0.15, -0.1) is 11.8 Å². The highest BCUT2D eigenvalue weighted by Crippen LogP contribution is 2.37. The van der Waals surface area contributed by atoms with Gasteiger partial charge < -0.3 is 14.4 Å². The number of thioether (sulfide) groups is 1. The van der Waals surface area contributed by atoms with Crippen LogP contribution in [0.5, 0.6) is 5.75 Å². The summed E-state index contributed by atoms with van der Waals surface area (Å²) in [5, 5.41) is 0.427. The Labute approximate surface area is 157 Å². The van der Waals surface area contributed by atoms with Crippen molar-refractivity contribution >= 4 is 29.3 Å². The van der Waals surface area contributed by atoms with E-state index in [1.807, 2.05) is 24.3 Å². The monoisotopic (exact) mass is 371 g/mol. The van der Waals surface area contributed by atoms with Crippen LogP contribution in [-0.2, 0) is 9.53 Å². The van der Waals surface area contributed by atoms with Gasteiger partial charge in [-0.1, -0.05) is 19.1 Å². The van der Waals surface area contributed by atoms with E-state index in [9.17, 15) is 9.59 Å². The molecule has 0 bridgehead atoms. The van der Waals surface area contributed by atoms with E-state index < -0.39 is 5.97 Å². The van der Waals surface area contributed by atoms with Crippen molar-refractivity contribution in [2.75, 3.05) is 25.2 Å². The molecule has 5 nitrogen and oxygen atoms in total. The quantitative estimate of drug-likeness (QED) is 0.766. The predicted octanol–water partition coefficient (Wildman–Crippen LogP) is 3.77. The van der Waals surface area contributed by atoms with Crippen molar-refractivity contribution < 1.29 is 19.1 Å². The van der Waals surface area contributed by atoms with E-state index in [-0.39, 0.29) is 12.5 Å². The van der Waals surface area contributed by atoms with Gasteiger partial charge in [-0.25, -0.2) is 4.79 Å². The Morgan fingerprint density at radius 3 is 2.62 bits per heavy atom. The average molecular weight is 371 g/mol. The second-order valence-corrected chi connectivity index (χ2v) is 7.52. The highest BCUT2D eigenvalue weighted by atomic mass is 32.2. The Bertz CT molecular complexity index is 791. The Morgan fingerprint density at radius 2 is 1.88 bits per heavy atom. The molecule has 0 spiro atoms. The number of anilines is 1. The zero-order chi connectivity index (χ0) is 18.5. The minimum atomic E-state index is -0.521. The molecular weight excluding hydrogens is 350 g/mol. The lowest BCUT2D eigenvalue weighted by Crippen LogP contribution is -2.35. The molecule has 1 atom stereocenters. The number of carbonyl (C=O) groups is 2. The largest absolute Gasteiger partial charge is 0.497 e. The molecule has 0 fully saturated rings. The van der Waals surface area contributed by atoms with Crippen molar-refractivity contribution in [3.8, 4) is 5.75 Å². The molecule has 0 saturated carbocycles. The van der Waals surface area contributed by atoms with Gasteiger partial charge in [-0.3, -0.25) is 4.79 Å². The van der Waals surface area contributed by atoms with Gasteiger partial charge >= 0.3 is 5.97 Å². The Kier molecular flexibility index (Phi) is 5.83. The van der Waals surface area contributed by atoms with Crippen molar-refractivity contribution in [3.05, 3.63) is 54.1 Å². The number of carbonyl (C=O) groups excluding carboxylic acids is 2. The van der Waals surface area contributed by atoms with Gasteiger partial charge in [0.05, 0.1) is 18.4 Å². The number of para-hydroxylation sites is 1. The number of hydrogen-bond acceptors (Lipinski definition) is 5. The summed E-state index contributed by atoms with van der Waals surface area (Å²) < 4.78 is 10.3. The van der Waals surface area contributed by atoms with Crippen molar-refractivity contribution in [2.45, 2.75) is 23.5 Å². The van der Waals surface area contributed by atoms with Crippen LogP contribution in [0.25, 0.3) is 0 Å². The fraction of sp³-hybridized carbons (Fsp3) is 0.300. The molecule has 0 saturated heterocycles.